The Bertz CT molecular complexity index is 833. The first kappa shape index (κ1) is 19.9. The molecule has 0 saturated heterocycles. The Labute approximate surface area is 155 Å². The minimum Gasteiger partial charge on any atom is -0.351 e. The standard InChI is InChI=1S/C19H25N3O3S/c1-3-11-20-12-13-21-19(23)16-5-4-6-18(14-16)26(24,25)22-17-9-7-15(2)8-10-17/h4-10,14,20,22H,3,11-13H2,1-2H3,(H,21,23). The van der Waals surface area contributed by atoms with Crippen LogP contribution < -0.4 is 15.4 Å². The van der Waals surface area contributed by atoms with Crippen LogP contribution in [0.25, 0.3) is 0 Å². The number of carbonyl (C=O) groups excluding carboxylic acids is 1. The Morgan fingerprint density at radius 3 is 2.42 bits per heavy atom. The van der Waals surface area contributed by atoms with Crippen molar-refractivity contribution >= 4 is 21.6 Å². The molecule has 26 heavy (non-hydrogen) atoms. The molecule has 0 aliphatic carbocycles. The van der Waals surface area contributed by atoms with Gasteiger partial charge in [-0.3, -0.25) is 9.52 Å². The van der Waals surface area contributed by atoms with Gasteiger partial charge in [-0.05, 0) is 50.2 Å². The highest BCUT2D eigenvalue weighted by Crippen LogP contribution is 2.17. The maximum absolute atomic E-state index is 12.5. The SMILES string of the molecule is CCCNCCNC(=O)c1cccc(S(=O)(=O)Nc2ccc(C)cc2)c1. The van der Waals surface area contributed by atoms with Crippen molar-refractivity contribution in [3.63, 3.8) is 0 Å². The van der Waals surface area contributed by atoms with Gasteiger partial charge >= 0.3 is 0 Å². The maximum atomic E-state index is 12.5. The second-order valence-corrected chi connectivity index (χ2v) is 7.69. The van der Waals surface area contributed by atoms with Crippen LogP contribution in [0.15, 0.2) is 53.4 Å². The molecule has 2 aromatic carbocycles. The monoisotopic (exact) mass is 375 g/mol. The van der Waals surface area contributed by atoms with Crippen LogP contribution in [-0.2, 0) is 10.0 Å². The fourth-order valence-electron chi connectivity index (χ4n) is 2.31. The lowest BCUT2D eigenvalue weighted by Crippen LogP contribution is -2.32. The minimum absolute atomic E-state index is 0.0508. The second-order valence-electron chi connectivity index (χ2n) is 6.01. The van der Waals surface area contributed by atoms with Crippen molar-refractivity contribution in [1.29, 1.82) is 0 Å². The van der Waals surface area contributed by atoms with E-state index in [4.69, 9.17) is 0 Å². The molecule has 0 fully saturated rings. The van der Waals surface area contributed by atoms with Crippen molar-refractivity contribution in [2.45, 2.75) is 25.2 Å². The summed E-state index contributed by atoms with van der Waals surface area (Å²) in [7, 11) is -3.76. The highest BCUT2D eigenvalue weighted by molar-refractivity contribution is 7.92. The summed E-state index contributed by atoms with van der Waals surface area (Å²) in [6.45, 7) is 6.05. The summed E-state index contributed by atoms with van der Waals surface area (Å²) in [5, 5.41) is 5.96. The molecule has 0 spiro atoms. The fraction of sp³-hybridized carbons (Fsp3) is 0.316. The van der Waals surface area contributed by atoms with Gasteiger partial charge in [-0.1, -0.05) is 30.7 Å². The third-order valence-corrected chi connectivity index (χ3v) is 5.10. The first-order valence-corrected chi connectivity index (χ1v) is 10.1. The van der Waals surface area contributed by atoms with E-state index in [2.05, 4.69) is 22.3 Å². The molecule has 0 aliphatic heterocycles. The van der Waals surface area contributed by atoms with Gasteiger partial charge in [0.25, 0.3) is 15.9 Å². The predicted molar refractivity (Wildman–Crippen MR) is 104 cm³/mol. The molecule has 0 atom stereocenters. The molecule has 0 aliphatic rings. The molecule has 140 valence electrons. The topological polar surface area (TPSA) is 87.3 Å². The highest BCUT2D eigenvalue weighted by atomic mass is 32.2. The van der Waals surface area contributed by atoms with Crippen LogP contribution >= 0.6 is 0 Å². The van der Waals surface area contributed by atoms with Crippen molar-refractivity contribution in [3.05, 3.63) is 59.7 Å². The third-order valence-electron chi connectivity index (χ3n) is 3.72. The molecule has 2 aromatic rings. The molecular formula is C19H25N3O3S. The number of carbonyl (C=O) groups is 1. The number of benzene rings is 2. The van der Waals surface area contributed by atoms with E-state index in [0.29, 0.717) is 24.3 Å². The molecule has 1 amide bonds. The van der Waals surface area contributed by atoms with Crippen LogP contribution in [-0.4, -0.2) is 34.0 Å². The number of amides is 1. The molecule has 3 N–H and O–H groups in total. The number of sulfonamides is 1. The molecule has 0 bridgehead atoms. The summed E-state index contributed by atoms with van der Waals surface area (Å²) in [6, 6.07) is 13.1. The number of aryl methyl sites for hydroxylation is 1. The largest absolute Gasteiger partial charge is 0.351 e. The van der Waals surface area contributed by atoms with E-state index < -0.39 is 10.0 Å². The van der Waals surface area contributed by atoms with Crippen molar-refractivity contribution in [3.8, 4) is 0 Å². The molecule has 0 unspecified atom stereocenters. The van der Waals surface area contributed by atoms with E-state index >= 15 is 0 Å². The van der Waals surface area contributed by atoms with Crippen LogP contribution in [0.5, 0.6) is 0 Å². The van der Waals surface area contributed by atoms with E-state index in [1.807, 2.05) is 19.1 Å². The second kappa shape index (κ2) is 9.35. The summed E-state index contributed by atoms with van der Waals surface area (Å²) in [5.41, 5.74) is 1.83. The van der Waals surface area contributed by atoms with Gasteiger partial charge in [-0.15, -0.1) is 0 Å². The normalized spacial score (nSPS) is 11.2. The maximum Gasteiger partial charge on any atom is 0.261 e. The van der Waals surface area contributed by atoms with Crippen molar-refractivity contribution in [2.75, 3.05) is 24.4 Å². The van der Waals surface area contributed by atoms with Crippen LogP contribution in [0.4, 0.5) is 5.69 Å². The smallest absolute Gasteiger partial charge is 0.261 e. The van der Waals surface area contributed by atoms with Gasteiger partial charge in [0.15, 0.2) is 0 Å². The molecule has 0 radical (unpaired) electrons. The zero-order valence-corrected chi connectivity index (χ0v) is 15.9. The molecule has 0 aromatic heterocycles. The zero-order chi connectivity index (χ0) is 19.0. The van der Waals surface area contributed by atoms with Crippen LogP contribution in [0, 0.1) is 6.92 Å². The lowest BCUT2D eigenvalue weighted by molar-refractivity contribution is 0.0953. The highest BCUT2D eigenvalue weighted by Gasteiger charge is 2.16. The van der Waals surface area contributed by atoms with Gasteiger partial charge in [0.2, 0.25) is 0 Å². The van der Waals surface area contributed by atoms with Gasteiger partial charge in [0.05, 0.1) is 4.90 Å². The lowest BCUT2D eigenvalue weighted by Gasteiger charge is -2.10. The summed E-state index contributed by atoms with van der Waals surface area (Å²) >= 11 is 0. The van der Waals surface area contributed by atoms with Crippen molar-refractivity contribution in [1.82, 2.24) is 10.6 Å². The van der Waals surface area contributed by atoms with E-state index in [1.54, 1.807) is 24.3 Å². The Balaban J connectivity index is 2.04. The van der Waals surface area contributed by atoms with E-state index in [-0.39, 0.29) is 10.8 Å². The Kier molecular flexibility index (Phi) is 7.17. The van der Waals surface area contributed by atoms with Gasteiger partial charge in [-0.25, -0.2) is 8.42 Å². The first-order chi connectivity index (χ1) is 12.4. The molecule has 2 rings (SSSR count). The number of anilines is 1. The fourth-order valence-corrected chi connectivity index (χ4v) is 3.41. The van der Waals surface area contributed by atoms with E-state index in [0.717, 1.165) is 18.5 Å². The van der Waals surface area contributed by atoms with Crippen molar-refractivity contribution in [2.24, 2.45) is 0 Å². The zero-order valence-electron chi connectivity index (χ0n) is 15.1. The van der Waals surface area contributed by atoms with Gasteiger partial charge in [-0.2, -0.15) is 0 Å². The number of hydrogen-bond acceptors (Lipinski definition) is 4. The number of rotatable bonds is 9. The quantitative estimate of drug-likeness (QED) is 0.588. The van der Waals surface area contributed by atoms with Gasteiger partial charge < -0.3 is 10.6 Å². The van der Waals surface area contributed by atoms with Crippen LogP contribution in [0.2, 0.25) is 0 Å². The first-order valence-electron chi connectivity index (χ1n) is 8.61. The average Bonchev–Trinajstić information content (AvgIpc) is 2.63. The Morgan fingerprint density at radius 2 is 1.73 bits per heavy atom. The van der Waals surface area contributed by atoms with Crippen molar-refractivity contribution < 1.29 is 13.2 Å². The van der Waals surface area contributed by atoms with Gasteiger partial charge in [0.1, 0.15) is 0 Å². The van der Waals surface area contributed by atoms with Crippen LogP contribution in [0.1, 0.15) is 29.3 Å². The molecule has 6 nitrogen and oxygen atoms in total. The van der Waals surface area contributed by atoms with E-state index in [9.17, 15) is 13.2 Å². The minimum atomic E-state index is -3.76. The third kappa shape index (κ3) is 5.86. The summed E-state index contributed by atoms with van der Waals surface area (Å²) < 4.78 is 27.6. The molecular weight excluding hydrogens is 350 g/mol. The number of hydrogen-bond donors (Lipinski definition) is 3. The average molecular weight is 375 g/mol. The van der Waals surface area contributed by atoms with Crippen LogP contribution in [0.3, 0.4) is 0 Å². The summed E-state index contributed by atoms with van der Waals surface area (Å²) in [5.74, 6) is -0.296. The Hall–Kier alpha value is -2.38. The lowest BCUT2D eigenvalue weighted by atomic mass is 10.2. The van der Waals surface area contributed by atoms with Gasteiger partial charge in [0, 0.05) is 24.3 Å². The summed E-state index contributed by atoms with van der Waals surface area (Å²) in [4.78, 5) is 12.2. The molecule has 0 saturated carbocycles. The molecule has 7 heteroatoms. The summed E-state index contributed by atoms with van der Waals surface area (Å²) in [6.07, 6.45) is 1.03. The molecule has 0 heterocycles. The Morgan fingerprint density at radius 1 is 1.00 bits per heavy atom. The van der Waals surface area contributed by atoms with E-state index in [1.165, 1.54) is 12.1 Å². The predicted octanol–water partition coefficient (Wildman–Crippen LogP) is 2.53. The number of nitrogens with one attached hydrogen (secondary N) is 3.